The lowest BCUT2D eigenvalue weighted by molar-refractivity contribution is -0.385. The van der Waals surface area contributed by atoms with Gasteiger partial charge in [0.2, 0.25) is 0 Å². The van der Waals surface area contributed by atoms with E-state index >= 15 is 0 Å². The van der Waals surface area contributed by atoms with E-state index in [1.807, 2.05) is 6.92 Å². The number of hydrogen-bond acceptors (Lipinski definition) is 6. The first-order valence-corrected chi connectivity index (χ1v) is 7.44. The standard InChI is InChI=1S/C16H19N3O5/c1-3-5-6-24-15-9-13(19(21)22)11(8-14(15)23-4-2)7-12(10-17)16(18)20/h7-9H,3-6H2,1-2H3,(H2,18,20)/b12-7+. The summed E-state index contributed by atoms with van der Waals surface area (Å²) in [4.78, 5) is 21.8. The first kappa shape index (κ1) is 19.0. The Labute approximate surface area is 139 Å². The quantitative estimate of drug-likeness (QED) is 0.243. The fourth-order valence-electron chi connectivity index (χ4n) is 1.86. The maximum absolute atomic E-state index is 11.3. The van der Waals surface area contributed by atoms with Gasteiger partial charge in [-0.1, -0.05) is 13.3 Å². The molecule has 0 aliphatic carbocycles. The van der Waals surface area contributed by atoms with Gasteiger partial charge in [0.1, 0.15) is 11.6 Å². The summed E-state index contributed by atoms with van der Waals surface area (Å²) in [5, 5.41) is 20.2. The van der Waals surface area contributed by atoms with Crippen LogP contribution in [0.5, 0.6) is 11.5 Å². The van der Waals surface area contributed by atoms with Crippen LogP contribution in [0.15, 0.2) is 17.7 Å². The number of nitrogens with zero attached hydrogens (tertiary/aromatic N) is 2. The van der Waals surface area contributed by atoms with Crippen molar-refractivity contribution in [3.63, 3.8) is 0 Å². The largest absolute Gasteiger partial charge is 0.490 e. The zero-order chi connectivity index (χ0) is 18.1. The second kappa shape index (κ2) is 9.15. The highest BCUT2D eigenvalue weighted by molar-refractivity contribution is 6.01. The van der Waals surface area contributed by atoms with Crippen molar-refractivity contribution in [3.8, 4) is 17.6 Å². The molecule has 0 bridgehead atoms. The number of nitro benzene ring substituents is 1. The Kier molecular flexibility index (Phi) is 7.23. The fraction of sp³-hybridized carbons (Fsp3) is 0.375. The van der Waals surface area contributed by atoms with Gasteiger partial charge >= 0.3 is 0 Å². The molecule has 8 heteroatoms. The number of nitrogens with two attached hydrogens (primary N) is 1. The van der Waals surface area contributed by atoms with Crippen molar-refractivity contribution >= 4 is 17.7 Å². The number of carbonyl (C=O) groups excluding carboxylic acids is 1. The molecule has 0 fully saturated rings. The second-order valence-electron chi connectivity index (χ2n) is 4.78. The first-order valence-electron chi connectivity index (χ1n) is 7.44. The number of benzene rings is 1. The molecule has 8 nitrogen and oxygen atoms in total. The maximum atomic E-state index is 11.3. The van der Waals surface area contributed by atoms with E-state index in [0.29, 0.717) is 19.0 Å². The third kappa shape index (κ3) is 4.98. The molecule has 24 heavy (non-hydrogen) atoms. The first-order chi connectivity index (χ1) is 11.4. The lowest BCUT2D eigenvalue weighted by Crippen LogP contribution is -2.12. The van der Waals surface area contributed by atoms with Crippen LogP contribution in [0, 0.1) is 21.4 Å². The van der Waals surface area contributed by atoms with Crippen molar-refractivity contribution in [1.82, 2.24) is 0 Å². The molecule has 0 aliphatic heterocycles. The highest BCUT2D eigenvalue weighted by Gasteiger charge is 2.20. The van der Waals surface area contributed by atoms with Crippen LogP contribution in [0.1, 0.15) is 32.3 Å². The van der Waals surface area contributed by atoms with Crippen molar-refractivity contribution < 1.29 is 19.2 Å². The maximum Gasteiger partial charge on any atom is 0.280 e. The van der Waals surface area contributed by atoms with Crippen LogP contribution in [0.4, 0.5) is 5.69 Å². The van der Waals surface area contributed by atoms with Crippen molar-refractivity contribution in [3.05, 3.63) is 33.4 Å². The van der Waals surface area contributed by atoms with Gasteiger partial charge in [0.25, 0.3) is 11.6 Å². The Morgan fingerprint density at radius 1 is 1.38 bits per heavy atom. The second-order valence-corrected chi connectivity index (χ2v) is 4.78. The van der Waals surface area contributed by atoms with Crippen molar-refractivity contribution in [1.29, 1.82) is 5.26 Å². The summed E-state index contributed by atoms with van der Waals surface area (Å²) in [7, 11) is 0. The van der Waals surface area contributed by atoms with E-state index < -0.39 is 10.8 Å². The minimum atomic E-state index is -0.965. The number of nitro groups is 1. The Morgan fingerprint density at radius 2 is 2.04 bits per heavy atom. The zero-order valence-electron chi connectivity index (χ0n) is 13.6. The lowest BCUT2D eigenvalue weighted by Gasteiger charge is -2.13. The summed E-state index contributed by atoms with van der Waals surface area (Å²) in [6.07, 6.45) is 2.77. The van der Waals surface area contributed by atoms with Crippen LogP contribution in [-0.2, 0) is 4.79 Å². The minimum Gasteiger partial charge on any atom is -0.490 e. The number of primary amides is 1. The Morgan fingerprint density at radius 3 is 2.54 bits per heavy atom. The van der Waals surface area contributed by atoms with E-state index in [9.17, 15) is 14.9 Å². The monoisotopic (exact) mass is 333 g/mol. The third-order valence-corrected chi connectivity index (χ3v) is 3.03. The minimum absolute atomic E-state index is 0.0432. The number of rotatable bonds is 9. The molecule has 1 rings (SSSR count). The van der Waals surface area contributed by atoms with Crippen LogP contribution < -0.4 is 15.2 Å². The van der Waals surface area contributed by atoms with Gasteiger partial charge in [-0.3, -0.25) is 14.9 Å². The molecule has 1 amide bonds. The molecule has 0 saturated heterocycles. The van der Waals surface area contributed by atoms with E-state index in [4.69, 9.17) is 20.5 Å². The van der Waals surface area contributed by atoms with Crippen LogP contribution >= 0.6 is 0 Å². The normalized spacial score (nSPS) is 10.8. The molecule has 1 aromatic rings. The van der Waals surface area contributed by atoms with Crippen LogP contribution in [0.3, 0.4) is 0 Å². The molecule has 0 heterocycles. The number of carbonyl (C=O) groups is 1. The summed E-state index contributed by atoms with van der Waals surface area (Å²) in [5.74, 6) is -0.424. The van der Waals surface area contributed by atoms with Gasteiger partial charge in [-0.2, -0.15) is 5.26 Å². The lowest BCUT2D eigenvalue weighted by atomic mass is 10.1. The number of ether oxygens (including phenoxy) is 2. The molecule has 0 atom stereocenters. The summed E-state index contributed by atoms with van der Waals surface area (Å²) < 4.78 is 11.0. The molecule has 0 spiro atoms. The van der Waals surface area contributed by atoms with Crippen LogP contribution in [0.2, 0.25) is 0 Å². The van der Waals surface area contributed by atoms with Gasteiger partial charge in [0.15, 0.2) is 11.5 Å². The molecule has 2 N–H and O–H groups in total. The Balaban J connectivity index is 3.42. The molecule has 0 aromatic heterocycles. The molecule has 0 aliphatic rings. The van der Waals surface area contributed by atoms with Gasteiger partial charge in [-0.25, -0.2) is 0 Å². The van der Waals surface area contributed by atoms with Crippen molar-refractivity contribution in [2.75, 3.05) is 13.2 Å². The molecular weight excluding hydrogens is 314 g/mol. The third-order valence-electron chi connectivity index (χ3n) is 3.03. The van der Waals surface area contributed by atoms with E-state index in [-0.39, 0.29) is 22.6 Å². The number of nitriles is 1. The zero-order valence-corrected chi connectivity index (χ0v) is 13.6. The molecule has 0 radical (unpaired) electrons. The fourth-order valence-corrected chi connectivity index (χ4v) is 1.86. The molecule has 0 unspecified atom stereocenters. The van der Waals surface area contributed by atoms with Gasteiger partial charge in [0, 0.05) is 0 Å². The predicted molar refractivity (Wildman–Crippen MR) is 87.5 cm³/mol. The molecule has 0 saturated carbocycles. The molecule has 128 valence electrons. The van der Waals surface area contributed by atoms with Gasteiger partial charge < -0.3 is 15.2 Å². The van der Waals surface area contributed by atoms with E-state index in [2.05, 4.69) is 0 Å². The van der Waals surface area contributed by atoms with Crippen molar-refractivity contribution in [2.45, 2.75) is 26.7 Å². The SMILES string of the molecule is CCCCOc1cc([N+](=O)[O-])c(/C=C(\C#N)C(N)=O)cc1OCC. The van der Waals surface area contributed by atoms with E-state index in [1.54, 1.807) is 13.0 Å². The highest BCUT2D eigenvalue weighted by Crippen LogP contribution is 2.36. The Hall–Kier alpha value is -3.08. The van der Waals surface area contributed by atoms with Gasteiger partial charge in [0.05, 0.1) is 29.8 Å². The highest BCUT2D eigenvalue weighted by atomic mass is 16.6. The van der Waals surface area contributed by atoms with Crippen LogP contribution in [-0.4, -0.2) is 24.0 Å². The summed E-state index contributed by atoms with van der Waals surface area (Å²) in [5.41, 5.74) is 4.42. The van der Waals surface area contributed by atoms with E-state index in [1.165, 1.54) is 12.1 Å². The van der Waals surface area contributed by atoms with Crippen LogP contribution in [0.25, 0.3) is 6.08 Å². The number of hydrogen-bond donors (Lipinski definition) is 1. The average molecular weight is 333 g/mol. The van der Waals surface area contributed by atoms with E-state index in [0.717, 1.165) is 18.9 Å². The van der Waals surface area contributed by atoms with Gasteiger partial charge in [-0.05, 0) is 25.5 Å². The smallest absolute Gasteiger partial charge is 0.280 e. The van der Waals surface area contributed by atoms with Gasteiger partial charge in [-0.15, -0.1) is 0 Å². The average Bonchev–Trinajstić information content (AvgIpc) is 2.53. The van der Waals surface area contributed by atoms with Crippen molar-refractivity contribution in [2.24, 2.45) is 5.73 Å². The summed E-state index contributed by atoms with van der Waals surface area (Å²) in [6.45, 7) is 4.48. The summed E-state index contributed by atoms with van der Waals surface area (Å²) >= 11 is 0. The Bertz CT molecular complexity index is 692. The predicted octanol–water partition coefficient (Wildman–Crippen LogP) is 2.56. The molecular formula is C16H19N3O5. The number of amides is 1. The summed E-state index contributed by atoms with van der Waals surface area (Å²) in [6, 6.07) is 4.20. The topological polar surface area (TPSA) is 128 Å². The molecule has 1 aromatic carbocycles. The number of unbranched alkanes of at least 4 members (excludes halogenated alkanes) is 1.